The summed E-state index contributed by atoms with van der Waals surface area (Å²) < 4.78 is 0. The van der Waals surface area contributed by atoms with Crippen LogP contribution in [0, 0.1) is 13.8 Å². The summed E-state index contributed by atoms with van der Waals surface area (Å²) in [4.78, 5) is 12.2. The molecule has 3 rings (SSSR count). The molecule has 2 aromatic heterocycles. The van der Waals surface area contributed by atoms with Crippen LogP contribution < -0.4 is 5.32 Å². The predicted molar refractivity (Wildman–Crippen MR) is 82.5 cm³/mol. The molecule has 4 nitrogen and oxygen atoms in total. The van der Waals surface area contributed by atoms with Gasteiger partial charge in [-0.3, -0.25) is 0 Å². The number of rotatable bonds is 3. The molecular weight excluding hydrogens is 248 g/mol. The summed E-state index contributed by atoms with van der Waals surface area (Å²) in [5.41, 5.74) is 4.36. The Morgan fingerprint density at radius 1 is 1.15 bits per heavy atom. The number of benzene rings is 1. The number of hydrogen-bond acceptors (Lipinski definition) is 3. The number of nitrogens with zero attached hydrogens (tertiary/aromatic N) is 2. The van der Waals surface area contributed by atoms with Crippen LogP contribution >= 0.6 is 0 Å². The van der Waals surface area contributed by atoms with Crippen molar-refractivity contribution in [2.45, 2.75) is 27.2 Å². The first kappa shape index (κ1) is 12.7. The molecule has 0 spiro atoms. The van der Waals surface area contributed by atoms with E-state index < -0.39 is 0 Å². The molecule has 0 fully saturated rings. The molecule has 102 valence electrons. The smallest absolute Gasteiger partial charge is 0.143 e. The number of nitrogens with one attached hydrogen (secondary N) is 2. The number of fused-ring (bicyclic) bond motifs is 1. The summed E-state index contributed by atoms with van der Waals surface area (Å²) in [6.07, 6.45) is 0.989. The van der Waals surface area contributed by atoms with Crippen molar-refractivity contribution in [3.63, 3.8) is 0 Å². The third kappa shape index (κ3) is 2.25. The lowest BCUT2D eigenvalue weighted by molar-refractivity contribution is 1.07. The molecule has 0 saturated carbocycles. The highest BCUT2D eigenvalue weighted by Crippen LogP contribution is 2.26. The highest BCUT2D eigenvalue weighted by atomic mass is 15.1. The molecule has 2 heterocycles. The maximum Gasteiger partial charge on any atom is 0.143 e. The van der Waals surface area contributed by atoms with Gasteiger partial charge in [-0.05, 0) is 38.0 Å². The second-order valence-corrected chi connectivity index (χ2v) is 4.97. The van der Waals surface area contributed by atoms with Crippen LogP contribution in [-0.2, 0) is 6.42 Å². The molecule has 0 saturated heterocycles. The van der Waals surface area contributed by atoms with Crippen molar-refractivity contribution >= 4 is 22.5 Å². The standard InChI is InChI=1S/C16H18N4/c1-4-12-7-5-6-8-14(12)20-16-13-9-10(2)17-15(13)18-11(3)19-16/h5-9H,4H2,1-3H3,(H2,17,18,19,20). The van der Waals surface area contributed by atoms with Gasteiger partial charge in [-0.25, -0.2) is 9.97 Å². The van der Waals surface area contributed by atoms with Gasteiger partial charge in [0.1, 0.15) is 17.3 Å². The Kier molecular flexibility index (Phi) is 3.14. The predicted octanol–water partition coefficient (Wildman–Crippen LogP) is 3.88. The van der Waals surface area contributed by atoms with Gasteiger partial charge in [0.15, 0.2) is 0 Å². The molecule has 0 bridgehead atoms. The van der Waals surface area contributed by atoms with Crippen LogP contribution in [0.4, 0.5) is 11.5 Å². The van der Waals surface area contributed by atoms with Crippen LogP contribution in [0.2, 0.25) is 0 Å². The fourth-order valence-electron chi connectivity index (χ4n) is 2.43. The zero-order chi connectivity index (χ0) is 14.1. The van der Waals surface area contributed by atoms with Gasteiger partial charge in [0.25, 0.3) is 0 Å². The minimum atomic E-state index is 0.760. The SMILES string of the molecule is CCc1ccccc1Nc1nc(C)nc2[nH]c(C)cc12. The minimum Gasteiger partial charge on any atom is -0.343 e. The van der Waals surface area contributed by atoms with E-state index in [1.807, 2.05) is 19.9 Å². The van der Waals surface area contributed by atoms with E-state index in [0.717, 1.165) is 40.5 Å². The van der Waals surface area contributed by atoms with Crippen molar-refractivity contribution in [1.82, 2.24) is 15.0 Å². The van der Waals surface area contributed by atoms with E-state index in [2.05, 4.69) is 51.5 Å². The van der Waals surface area contributed by atoms with E-state index in [1.165, 1.54) is 5.56 Å². The Bertz CT molecular complexity index is 758. The molecule has 0 radical (unpaired) electrons. The van der Waals surface area contributed by atoms with Gasteiger partial charge < -0.3 is 10.3 Å². The van der Waals surface area contributed by atoms with Gasteiger partial charge in [-0.15, -0.1) is 0 Å². The van der Waals surface area contributed by atoms with Crippen LogP contribution in [0.15, 0.2) is 30.3 Å². The Labute approximate surface area is 118 Å². The Hall–Kier alpha value is -2.36. The lowest BCUT2D eigenvalue weighted by atomic mass is 10.1. The largest absolute Gasteiger partial charge is 0.343 e. The first-order valence-electron chi connectivity index (χ1n) is 6.86. The number of aromatic nitrogens is 3. The molecule has 0 aliphatic rings. The fraction of sp³-hybridized carbons (Fsp3) is 0.250. The minimum absolute atomic E-state index is 0.760. The molecule has 0 aliphatic carbocycles. The number of H-pyrrole nitrogens is 1. The van der Waals surface area contributed by atoms with Gasteiger partial charge >= 0.3 is 0 Å². The van der Waals surface area contributed by atoms with Gasteiger partial charge in [-0.2, -0.15) is 0 Å². The highest BCUT2D eigenvalue weighted by Gasteiger charge is 2.09. The van der Waals surface area contributed by atoms with Gasteiger partial charge in [-0.1, -0.05) is 25.1 Å². The monoisotopic (exact) mass is 266 g/mol. The summed E-state index contributed by atoms with van der Waals surface area (Å²) in [5.74, 6) is 1.62. The number of para-hydroxylation sites is 1. The summed E-state index contributed by atoms with van der Waals surface area (Å²) >= 11 is 0. The summed E-state index contributed by atoms with van der Waals surface area (Å²) in [5, 5.41) is 4.48. The molecule has 3 aromatic rings. The topological polar surface area (TPSA) is 53.6 Å². The van der Waals surface area contributed by atoms with E-state index in [9.17, 15) is 0 Å². The van der Waals surface area contributed by atoms with Crippen LogP contribution in [0.5, 0.6) is 0 Å². The van der Waals surface area contributed by atoms with Crippen molar-refractivity contribution in [1.29, 1.82) is 0 Å². The van der Waals surface area contributed by atoms with Crippen LogP contribution in [0.25, 0.3) is 11.0 Å². The lowest BCUT2D eigenvalue weighted by Crippen LogP contribution is -2.00. The van der Waals surface area contributed by atoms with Crippen LogP contribution in [-0.4, -0.2) is 15.0 Å². The van der Waals surface area contributed by atoms with Crippen molar-refractivity contribution in [2.75, 3.05) is 5.32 Å². The molecule has 0 aliphatic heterocycles. The number of hydrogen-bond donors (Lipinski definition) is 2. The summed E-state index contributed by atoms with van der Waals surface area (Å²) in [6, 6.07) is 10.4. The maximum atomic E-state index is 4.54. The molecule has 20 heavy (non-hydrogen) atoms. The van der Waals surface area contributed by atoms with Gasteiger partial charge in [0.2, 0.25) is 0 Å². The van der Waals surface area contributed by atoms with E-state index in [-0.39, 0.29) is 0 Å². The average Bonchev–Trinajstić information content (AvgIpc) is 2.79. The highest BCUT2D eigenvalue weighted by molar-refractivity contribution is 5.90. The van der Waals surface area contributed by atoms with Crippen molar-refractivity contribution in [2.24, 2.45) is 0 Å². The second kappa shape index (κ2) is 4.96. The van der Waals surface area contributed by atoms with Gasteiger partial charge in [0.05, 0.1) is 5.39 Å². The molecule has 0 amide bonds. The summed E-state index contributed by atoms with van der Waals surface area (Å²) in [6.45, 7) is 6.09. The molecule has 2 N–H and O–H groups in total. The normalized spacial score (nSPS) is 10.9. The average molecular weight is 266 g/mol. The van der Waals surface area contributed by atoms with E-state index >= 15 is 0 Å². The number of aromatic amines is 1. The third-order valence-electron chi connectivity index (χ3n) is 3.39. The Balaban J connectivity index is 2.10. The molecule has 0 unspecified atom stereocenters. The molecule has 4 heteroatoms. The van der Waals surface area contributed by atoms with Crippen LogP contribution in [0.3, 0.4) is 0 Å². The van der Waals surface area contributed by atoms with E-state index in [4.69, 9.17) is 0 Å². The van der Waals surface area contributed by atoms with E-state index in [0.29, 0.717) is 0 Å². The maximum absolute atomic E-state index is 4.54. The zero-order valence-electron chi connectivity index (χ0n) is 12.0. The quantitative estimate of drug-likeness (QED) is 0.756. The first-order chi connectivity index (χ1) is 9.67. The lowest BCUT2D eigenvalue weighted by Gasteiger charge is -2.11. The van der Waals surface area contributed by atoms with Crippen LogP contribution in [0.1, 0.15) is 24.0 Å². The number of aryl methyl sites for hydroxylation is 3. The van der Waals surface area contributed by atoms with Crippen molar-refractivity contribution in [3.05, 3.63) is 47.4 Å². The fourth-order valence-corrected chi connectivity index (χ4v) is 2.43. The van der Waals surface area contributed by atoms with Crippen molar-refractivity contribution in [3.8, 4) is 0 Å². The molecular formula is C16H18N4. The zero-order valence-corrected chi connectivity index (χ0v) is 12.0. The number of anilines is 2. The van der Waals surface area contributed by atoms with Gasteiger partial charge in [0, 0.05) is 11.4 Å². The Morgan fingerprint density at radius 2 is 1.95 bits per heavy atom. The summed E-state index contributed by atoms with van der Waals surface area (Å²) in [7, 11) is 0. The van der Waals surface area contributed by atoms with E-state index in [1.54, 1.807) is 0 Å². The third-order valence-corrected chi connectivity index (χ3v) is 3.39. The molecule has 0 atom stereocenters. The second-order valence-electron chi connectivity index (χ2n) is 4.97. The van der Waals surface area contributed by atoms with Crippen molar-refractivity contribution < 1.29 is 0 Å². The Morgan fingerprint density at radius 3 is 2.75 bits per heavy atom. The first-order valence-corrected chi connectivity index (χ1v) is 6.86. The molecule has 1 aromatic carbocycles.